The molecule has 2 heterocycles. The number of esters is 1. The second-order valence-corrected chi connectivity index (χ2v) is 5.57. The number of hydrogen-bond donors (Lipinski definition) is 1. The summed E-state index contributed by atoms with van der Waals surface area (Å²) >= 11 is 0. The smallest absolute Gasteiger partial charge is 0.317 e. The van der Waals surface area contributed by atoms with E-state index in [1.54, 1.807) is 6.92 Å². The number of ether oxygens (including phenoxy) is 1. The zero-order valence-corrected chi connectivity index (χ0v) is 12.4. The Hall–Kier alpha value is -1.30. The summed E-state index contributed by atoms with van der Waals surface area (Å²) in [4.78, 5) is 27.6. The van der Waals surface area contributed by atoms with Crippen LogP contribution in [0.15, 0.2) is 0 Å². The molecular formula is C14H25N3O3. The van der Waals surface area contributed by atoms with Crippen molar-refractivity contribution in [1.29, 1.82) is 0 Å². The highest BCUT2D eigenvalue weighted by atomic mass is 16.5. The van der Waals surface area contributed by atoms with Crippen LogP contribution in [0.2, 0.25) is 0 Å². The van der Waals surface area contributed by atoms with Crippen molar-refractivity contribution in [3.63, 3.8) is 0 Å². The Morgan fingerprint density at radius 2 is 2.00 bits per heavy atom. The summed E-state index contributed by atoms with van der Waals surface area (Å²) in [5.74, 6) is -0.262. The van der Waals surface area contributed by atoms with Gasteiger partial charge >= 0.3 is 12.0 Å². The van der Waals surface area contributed by atoms with Gasteiger partial charge in [0.1, 0.15) is 0 Å². The number of amides is 2. The van der Waals surface area contributed by atoms with E-state index in [0.29, 0.717) is 25.2 Å². The van der Waals surface area contributed by atoms with Crippen LogP contribution >= 0.6 is 0 Å². The number of hydrogen-bond acceptors (Lipinski definition) is 4. The average Bonchev–Trinajstić information content (AvgIpc) is 2.63. The van der Waals surface area contributed by atoms with Crippen LogP contribution in [0.1, 0.15) is 32.6 Å². The van der Waals surface area contributed by atoms with Crippen LogP contribution in [0.4, 0.5) is 4.79 Å². The van der Waals surface area contributed by atoms with Crippen molar-refractivity contribution in [2.24, 2.45) is 0 Å². The van der Waals surface area contributed by atoms with Crippen molar-refractivity contribution in [2.45, 2.75) is 44.7 Å². The van der Waals surface area contributed by atoms with Crippen LogP contribution in [0, 0.1) is 0 Å². The Morgan fingerprint density at radius 1 is 1.25 bits per heavy atom. The predicted molar refractivity (Wildman–Crippen MR) is 75.4 cm³/mol. The molecule has 20 heavy (non-hydrogen) atoms. The lowest BCUT2D eigenvalue weighted by molar-refractivity contribution is -0.142. The first-order chi connectivity index (χ1) is 9.61. The molecule has 0 saturated carbocycles. The van der Waals surface area contributed by atoms with Gasteiger partial charge in [-0.3, -0.25) is 9.69 Å². The Kier molecular flexibility index (Phi) is 5.23. The van der Waals surface area contributed by atoms with Gasteiger partial charge in [-0.15, -0.1) is 0 Å². The summed E-state index contributed by atoms with van der Waals surface area (Å²) < 4.78 is 4.83. The molecular weight excluding hydrogens is 258 g/mol. The molecule has 2 rings (SSSR count). The van der Waals surface area contributed by atoms with Crippen LogP contribution in [-0.4, -0.2) is 67.2 Å². The van der Waals surface area contributed by atoms with Crippen molar-refractivity contribution in [3.05, 3.63) is 0 Å². The maximum Gasteiger partial charge on any atom is 0.317 e. The first-order valence-corrected chi connectivity index (χ1v) is 7.52. The molecule has 1 N–H and O–H groups in total. The minimum absolute atomic E-state index is 0.0600. The molecule has 6 heteroatoms. The van der Waals surface area contributed by atoms with Crippen molar-refractivity contribution >= 4 is 12.0 Å². The van der Waals surface area contributed by atoms with E-state index in [9.17, 15) is 9.59 Å². The largest absolute Gasteiger partial charge is 0.466 e. The molecule has 2 saturated heterocycles. The molecule has 2 fully saturated rings. The fourth-order valence-corrected chi connectivity index (χ4v) is 3.11. The fourth-order valence-electron chi connectivity index (χ4n) is 3.11. The molecule has 2 bridgehead atoms. The quantitative estimate of drug-likeness (QED) is 0.776. The van der Waals surface area contributed by atoms with Crippen LogP contribution in [0.5, 0.6) is 0 Å². The molecule has 0 radical (unpaired) electrons. The highest BCUT2D eigenvalue weighted by molar-refractivity contribution is 5.75. The van der Waals surface area contributed by atoms with E-state index in [1.165, 1.54) is 12.8 Å². The molecule has 2 atom stereocenters. The standard InChI is InChI=1S/C14H25N3O3/c1-3-20-13(18)6-8-15-14(19)17-9-7-11-4-5-12(10-17)16(11)2/h11-12H,3-10H2,1-2H3,(H,15,19)/t11-,12+/m1/s1. The van der Waals surface area contributed by atoms with Gasteiger partial charge in [0.25, 0.3) is 0 Å². The topological polar surface area (TPSA) is 61.9 Å². The summed E-state index contributed by atoms with van der Waals surface area (Å²) in [6, 6.07) is 1.05. The summed E-state index contributed by atoms with van der Waals surface area (Å²) in [5, 5.41) is 2.81. The van der Waals surface area contributed by atoms with Gasteiger partial charge in [0.2, 0.25) is 0 Å². The fraction of sp³-hybridized carbons (Fsp3) is 0.857. The number of nitrogens with one attached hydrogen (secondary N) is 1. The highest BCUT2D eigenvalue weighted by Gasteiger charge is 2.35. The SMILES string of the molecule is CCOC(=O)CCNC(=O)N1CC[C@H]2CC[C@@H](C1)N2C. The van der Waals surface area contributed by atoms with Crippen molar-refractivity contribution in [1.82, 2.24) is 15.1 Å². The third kappa shape index (κ3) is 3.62. The summed E-state index contributed by atoms with van der Waals surface area (Å²) in [5.41, 5.74) is 0. The lowest BCUT2D eigenvalue weighted by Gasteiger charge is -2.25. The minimum atomic E-state index is -0.262. The molecule has 2 aliphatic rings. The lowest BCUT2D eigenvalue weighted by Crippen LogP contribution is -2.45. The summed E-state index contributed by atoms with van der Waals surface area (Å²) in [6.07, 6.45) is 3.70. The van der Waals surface area contributed by atoms with Crippen molar-refractivity contribution in [3.8, 4) is 0 Å². The maximum atomic E-state index is 12.1. The van der Waals surface area contributed by atoms with Gasteiger partial charge in [0.15, 0.2) is 0 Å². The van der Waals surface area contributed by atoms with Crippen molar-refractivity contribution < 1.29 is 14.3 Å². The van der Waals surface area contributed by atoms with Crippen LogP contribution in [0.25, 0.3) is 0 Å². The Bertz CT molecular complexity index is 362. The first kappa shape index (κ1) is 15.1. The summed E-state index contributed by atoms with van der Waals surface area (Å²) in [7, 11) is 2.16. The van der Waals surface area contributed by atoms with Crippen molar-refractivity contribution in [2.75, 3.05) is 33.3 Å². The molecule has 2 amide bonds. The number of carbonyl (C=O) groups is 2. The van der Waals surface area contributed by atoms with Gasteiger partial charge in [-0.25, -0.2) is 4.79 Å². The average molecular weight is 283 g/mol. The zero-order chi connectivity index (χ0) is 14.5. The Balaban J connectivity index is 1.74. The maximum absolute atomic E-state index is 12.1. The molecule has 0 aromatic rings. The molecule has 0 unspecified atom stereocenters. The number of nitrogens with zero attached hydrogens (tertiary/aromatic N) is 2. The number of rotatable bonds is 4. The van der Waals surface area contributed by atoms with Crippen LogP contribution in [0.3, 0.4) is 0 Å². The first-order valence-electron chi connectivity index (χ1n) is 7.52. The molecule has 0 aliphatic carbocycles. The van der Waals surface area contributed by atoms with Gasteiger partial charge < -0.3 is 15.0 Å². The second-order valence-electron chi connectivity index (χ2n) is 5.57. The second kappa shape index (κ2) is 6.92. The predicted octanol–water partition coefficient (Wildman–Crippen LogP) is 0.818. The Morgan fingerprint density at radius 3 is 2.75 bits per heavy atom. The molecule has 6 nitrogen and oxygen atoms in total. The normalized spacial score (nSPS) is 26.2. The lowest BCUT2D eigenvalue weighted by atomic mass is 10.1. The minimum Gasteiger partial charge on any atom is -0.466 e. The van der Waals surface area contributed by atoms with Gasteiger partial charge in [-0.1, -0.05) is 0 Å². The number of likely N-dealkylation sites (N-methyl/N-ethyl adjacent to an activating group) is 1. The van der Waals surface area contributed by atoms with E-state index in [1.807, 2.05) is 4.90 Å². The van der Waals surface area contributed by atoms with Gasteiger partial charge in [0, 0.05) is 31.7 Å². The van der Waals surface area contributed by atoms with E-state index >= 15 is 0 Å². The highest BCUT2D eigenvalue weighted by Crippen LogP contribution is 2.28. The van der Waals surface area contributed by atoms with E-state index in [0.717, 1.165) is 19.5 Å². The van der Waals surface area contributed by atoms with E-state index in [-0.39, 0.29) is 18.4 Å². The van der Waals surface area contributed by atoms with Gasteiger partial charge in [0.05, 0.1) is 13.0 Å². The van der Waals surface area contributed by atoms with E-state index < -0.39 is 0 Å². The summed E-state index contributed by atoms with van der Waals surface area (Å²) in [6.45, 7) is 4.10. The number of likely N-dealkylation sites (tertiary alicyclic amines) is 1. The molecule has 2 aliphatic heterocycles. The van der Waals surface area contributed by atoms with E-state index in [4.69, 9.17) is 4.74 Å². The molecule has 0 spiro atoms. The monoisotopic (exact) mass is 283 g/mol. The van der Waals surface area contributed by atoms with Crippen LogP contribution in [-0.2, 0) is 9.53 Å². The van der Waals surface area contributed by atoms with Crippen LogP contribution < -0.4 is 5.32 Å². The number of urea groups is 1. The third-order valence-electron chi connectivity index (χ3n) is 4.35. The van der Waals surface area contributed by atoms with Gasteiger partial charge in [-0.05, 0) is 33.2 Å². The Labute approximate surface area is 120 Å². The number of carbonyl (C=O) groups excluding carboxylic acids is 2. The third-order valence-corrected chi connectivity index (χ3v) is 4.35. The molecule has 114 valence electrons. The molecule has 0 aromatic heterocycles. The van der Waals surface area contributed by atoms with E-state index in [2.05, 4.69) is 17.3 Å². The molecule has 0 aromatic carbocycles. The van der Waals surface area contributed by atoms with Gasteiger partial charge in [-0.2, -0.15) is 0 Å². The number of fused-ring (bicyclic) bond motifs is 2. The zero-order valence-electron chi connectivity index (χ0n) is 12.4.